The second kappa shape index (κ2) is 8.98. The van der Waals surface area contributed by atoms with Gasteiger partial charge in [0.05, 0.1) is 29.8 Å². The van der Waals surface area contributed by atoms with Gasteiger partial charge in [-0.15, -0.1) is 0 Å². The van der Waals surface area contributed by atoms with Crippen LogP contribution in [0.25, 0.3) is 16.8 Å². The first kappa shape index (κ1) is 20.6. The van der Waals surface area contributed by atoms with Crippen molar-refractivity contribution >= 4 is 5.52 Å². The minimum Gasteiger partial charge on any atom is -0.482 e. The first-order chi connectivity index (χ1) is 15.2. The van der Waals surface area contributed by atoms with Gasteiger partial charge in [-0.2, -0.15) is 15.5 Å². The number of nitriles is 1. The molecule has 0 fully saturated rings. The maximum absolute atomic E-state index is 9.50. The largest absolute Gasteiger partial charge is 0.482 e. The van der Waals surface area contributed by atoms with Gasteiger partial charge < -0.3 is 10.1 Å². The molecule has 0 amide bonds. The molecule has 4 aromatic heterocycles. The highest BCUT2D eigenvalue weighted by molar-refractivity contribution is 5.74. The smallest absolute Gasteiger partial charge is 0.148 e. The van der Waals surface area contributed by atoms with Crippen molar-refractivity contribution in [1.82, 2.24) is 29.7 Å². The van der Waals surface area contributed by atoms with Gasteiger partial charge in [0.15, 0.2) is 0 Å². The van der Waals surface area contributed by atoms with Gasteiger partial charge >= 0.3 is 0 Å². The molecule has 0 bridgehead atoms. The summed E-state index contributed by atoms with van der Waals surface area (Å²) in [5.41, 5.74) is 4.81. The normalized spacial score (nSPS) is 13.6. The van der Waals surface area contributed by atoms with Crippen LogP contribution in [0.1, 0.15) is 43.8 Å². The van der Waals surface area contributed by atoms with E-state index in [2.05, 4.69) is 27.5 Å². The van der Waals surface area contributed by atoms with Crippen LogP contribution in [0.3, 0.4) is 0 Å². The molecule has 5 rings (SSSR count). The second-order valence-electron chi connectivity index (χ2n) is 6.99. The van der Waals surface area contributed by atoms with Crippen LogP contribution in [-0.2, 0) is 13.1 Å². The van der Waals surface area contributed by atoms with Crippen molar-refractivity contribution < 1.29 is 4.74 Å². The van der Waals surface area contributed by atoms with E-state index in [0.29, 0.717) is 16.8 Å². The lowest BCUT2D eigenvalue weighted by Gasteiger charge is -2.16. The maximum Gasteiger partial charge on any atom is 0.148 e. The molecule has 158 valence electrons. The van der Waals surface area contributed by atoms with Crippen molar-refractivity contribution in [2.75, 3.05) is 6.54 Å². The van der Waals surface area contributed by atoms with Crippen molar-refractivity contribution in [3.05, 3.63) is 65.9 Å². The Morgan fingerprint density at radius 2 is 2.13 bits per heavy atom. The van der Waals surface area contributed by atoms with Crippen LogP contribution >= 0.6 is 0 Å². The van der Waals surface area contributed by atoms with Crippen molar-refractivity contribution in [3.63, 3.8) is 0 Å². The molecule has 31 heavy (non-hydrogen) atoms. The number of hydrogen-bond donors (Lipinski definition) is 1. The quantitative estimate of drug-likeness (QED) is 0.546. The number of ether oxygens (including phenoxy) is 1. The minimum absolute atomic E-state index is 0.281. The van der Waals surface area contributed by atoms with Crippen molar-refractivity contribution in [3.8, 4) is 23.1 Å². The molecule has 1 aliphatic rings. The molecule has 1 atom stereocenters. The van der Waals surface area contributed by atoms with Gasteiger partial charge in [-0.1, -0.05) is 19.9 Å². The van der Waals surface area contributed by atoms with E-state index in [1.165, 1.54) is 0 Å². The summed E-state index contributed by atoms with van der Waals surface area (Å²) in [6, 6.07) is 11.9. The van der Waals surface area contributed by atoms with Crippen LogP contribution in [-0.4, -0.2) is 30.9 Å². The predicted molar refractivity (Wildman–Crippen MR) is 117 cm³/mol. The molecule has 0 spiro atoms. The maximum atomic E-state index is 9.50. The molecule has 0 aliphatic carbocycles. The first-order valence-corrected chi connectivity index (χ1v) is 10.5. The fourth-order valence-corrected chi connectivity index (χ4v) is 3.60. The molecular weight excluding hydrogens is 390 g/mol. The molecule has 1 unspecified atom stereocenters. The number of nitrogens with zero attached hydrogens (tertiary/aromatic N) is 6. The zero-order valence-electron chi connectivity index (χ0n) is 17.9. The lowest BCUT2D eigenvalue weighted by molar-refractivity contribution is 0.224. The molecule has 0 saturated carbocycles. The Bertz CT molecular complexity index is 1200. The highest BCUT2D eigenvalue weighted by Gasteiger charge is 2.19. The Hall–Kier alpha value is -3.70. The molecule has 4 aromatic rings. The van der Waals surface area contributed by atoms with E-state index in [9.17, 15) is 5.26 Å². The topological polar surface area (TPSA) is 93.1 Å². The summed E-state index contributed by atoms with van der Waals surface area (Å²) in [7, 11) is 0. The van der Waals surface area contributed by atoms with Gasteiger partial charge in [-0.25, -0.2) is 4.52 Å². The standard InChI is InChI=1S/C21H19N7O.C2H6/c1-14(18-4-2-3-5-24-18)29-20-8-15(13-28-21(20)16(10-22)11-25-28)19-9-17-12-23-6-7-27(17)26-19;1-2/h2-5,8-9,11,13-14,23H,6-7,12H2,1H3;1-2H3. The summed E-state index contributed by atoms with van der Waals surface area (Å²) in [5.74, 6) is 0.582. The van der Waals surface area contributed by atoms with Crippen LogP contribution < -0.4 is 10.1 Å². The van der Waals surface area contributed by atoms with E-state index < -0.39 is 0 Å². The van der Waals surface area contributed by atoms with Gasteiger partial charge in [-0.3, -0.25) is 9.67 Å². The molecule has 0 aromatic carbocycles. The van der Waals surface area contributed by atoms with Crippen LogP contribution in [0.15, 0.2) is 48.9 Å². The number of rotatable bonds is 4. The van der Waals surface area contributed by atoms with Gasteiger partial charge in [0, 0.05) is 31.0 Å². The molecule has 1 aliphatic heterocycles. The zero-order chi connectivity index (χ0) is 21.8. The number of hydrogen-bond acceptors (Lipinski definition) is 6. The van der Waals surface area contributed by atoms with Crippen LogP contribution in [0.4, 0.5) is 0 Å². The molecular formula is C23H25N7O. The van der Waals surface area contributed by atoms with Gasteiger partial charge in [0.25, 0.3) is 0 Å². The number of aromatic nitrogens is 5. The third-order valence-electron chi connectivity index (χ3n) is 5.07. The second-order valence-corrected chi connectivity index (χ2v) is 6.99. The van der Waals surface area contributed by atoms with E-state index in [0.717, 1.165) is 42.3 Å². The Morgan fingerprint density at radius 3 is 2.87 bits per heavy atom. The Labute approximate surface area is 181 Å². The van der Waals surface area contributed by atoms with E-state index in [4.69, 9.17) is 9.84 Å². The Morgan fingerprint density at radius 1 is 1.26 bits per heavy atom. The highest BCUT2D eigenvalue weighted by atomic mass is 16.5. The van der Waals surface area contributed by atoms with Gasteiger partial charge in [0.2, 0.25) is 0 Å². The van der Waals surface area contributed by atoms with Crippen molar-refractivity contribution in [2.24, 2.45) is 0 Å². The third kappa shape index (κ3) is 4.00. The average molecular weight is 416 g/mol. The Balaban J connectivity index is 0.00000112. The monoisotopic (exact) mass is 415 g/mol. The van der Waals surface area contributed by atoms with Crippen molar-refractivity contribution in [2.45, 2.75) is 40.0 Å². The molecule has 5 heterocycles. The lowest BCUT2D eigenvalue weighted by atomic mass is 10.1. The predicted octanol–water partition coefficient (Wildman–Crippen LogP) is 3.73. The van der Waals surface area contributed by atoms with E-state index in [-0.39, 0.29) is 6.10 Å². The van der Waals surface area contributed by atoms with E-state index in [1.807, 2.05) is 55.9 Å². The molecule has 0 radical (unpaired) electrons. The highest BCUT2D eigenvalue weighted by Crippen LogP contribution is 2.32. The van der Waals surface area contributed by atoms with Crippen LogP contribution in [0.2, 0.25) is 0 Å². The van der Waals surface area contributed by atoms with Gasteiger partial charge in [-0.05, 0) is 31.2 Å². The third-order valence-corrected chi connectivity index (χ3v) is 5.07. The summed E-state index contributed by atoms with van der Waals surface area (Å²) in [6.45, 7) is 8.50. The van der Waals surface area contributed by atoms with Crippen molar-refractivity contribution in [1.29, 1.82) is 5.26 Å². The zero-order valence-corrected chi connectivity index (χ0v) is 17.9. The first-order valence-electron chi connectivity index (χ1n) is 10.5. The van der Waals surface area contributed by atoms with Crippen LogP contribution in [0.5, 0.6) is 5.75 Å². The summed E-state index contributed by atoms with van der Waals surface area (Å²) in [4.78, 5) is 4.37. The SMILES string of the molecule is CC.CC(Oc1cc(-c2cc3n(n2)CCNC3)cn2ncc(C#N)c12)c1ccccn1. The van der Waals surface area contributed by atoms with Gasteiger partial charge in [0.1, 0.15) is 29.0 Å². The summed E-state index contributed by atoms with van der Waals surface area (Å²) in [5, 5.41) is 21.9. The minimum atomic E-state index is -0.281. The summed E-state index contributed by atoms with van der Waals surface area (Å²) >= 11 is 0. The fraction of sp³-hybridized carbons (Fsp3) is 0.304. The number of nitrogens with one attached hydrogen (secondary N) is 1. The van der Waals surface area contributed by atoms with Crippen LogP contribution in [0, 0.1) is 11.3 Å². The number of pyridine rings is 2. The number of fused-ring (bicyclic) bond motifs is 2. The van der Waals surface area contributed by atoms with E-state index >= 15 is 0 Å². The Kier molecular flexibility index (Phi) is 5.96. The summed E-state index contributed by atoms with van der Waals surface area (Å²) < 4.78 is 9.97. The average Bonchev–Trinajstić information content (AvgIpc) is 3.45. The molecule has 8 heteroatoms. The molecule has 1 N–H and O–H groups in total. The molecule has 8 nitrogen and oxygen atoms in total. The summed E-state index contributed by atoms with van der Waals surface area (Å²) in [6.07, 6.45) is 4.90. The van der Waals surface area contributed by atoms with E-state index in [1.54, 1.807) is 16.9 Å². The molecule has 0 saturated heterocycles. The fourth-order valence-electron chi connectivity index (χ4n) is 3.60. The lowest BCUT2D eigenvalue weighted by Crippen LogP contribution is -2.28.